The van der Waals surface area contributed by atoms with E-state index in [2.05, 4.69) is 15.0 Å². The SMILES string of the molecule is CC1(C)OC2C(CO)OC(n3c(-c4ccc(C(F)(F)F)cc4)nc4c(=O)[nH]cnc43)C2O1. The zero-order valence-corrected chi connectivity index (χ0v) is 17.0. The van der Waals surface area contributed by atoms with Crippen LogP contribution in [-0.2, 0) is 20.4 Å². The van der Waals surface area contributed by atoms with Crippen LogP contribution in [0.15, 0.2) is 35.4 Å². The van der Waals surface area contributed by atoms with Crippen molar-refractivity contribution >= 4 is 11.2 Å². The Labute approximate surface area is 178 Å². The lowest BCUT2D eigenvalue weighted by atomic mass is 10.1. The van der Waals surface area contributed by atoms with Crippen molar-refractivity contribution in [2.45, 2.75) is 50.4 Å². The predicted octanol–water partition coefficient (Wildman–Crippen LogP) is 2.22. The molecule has 2 aromatic heterocycles. The Balaban J connectivity index is 1.68. The van der Waals surface area contributed by atoms with E-state index in [1.807, 2.05) is 0 Å². The monoisotopic (exact) mass is 452 g/mol. The molecule has 2 aliphatic heterocycles. The van der Waals surface area contributed by atoms with Gasteiger partial charge in [0, 0.05) is 5.56 Å². The minimum Gasteiger partial charge on any atom is -0.394 e. The van der Waals surface area contributed by atoms with Gasteiger partial charge < -0.3 is 24.3 Å². The van der Waals surface area contributed by atoms with Crippen molar-refractivity contribution in [1.29, 1.82) is 0 Å². The maximum absolute atomic E-state index is 13.0. The Morgan fingerprint density at radius 2 is 1.88 bits per heavy atom. The second-order valence-corrected chi connectivity index (χ2v) is 8.10. The van der Waals surface area contributed by atoms with E-state index in [9.17, 15) is 23.1 Å². The third kappa shape index (κ3) is 3.30. The molecule has 0 saturated carbocycles. The number of aromatic amines is 1. The number of fused-ring (bicyclic) bond motifs is 2. The fourth-order valence-electron chi connectivity index (χ4n) is 4.19. The van der Waals surface area contributed by atoms with Gasteiger partial charge in [0.1, 0.15) is 24.1 Å². The fraction of sp³-hybridized carbons (Fsp3) is 0.450. The second kappa shape index (κ2) is 7.10. The van der Waals surface area contributed by atoms with Gasteiger partial charge in [0.05, 0.1) is 18.5 Å². The highest BCUT2D eigenvalue weighted by Crippen LogP contribution is 2.45. The van der Waals surface area contributed by atoms with Gasteiger partial charge in [-0.05, 0) is 26.0 Å². The van der Waals surface area contributed by atoms with Gasteiger partial charge in [0.15, 0.2) is 23.2 Å². The molecule has 4 atom stereocenters. The number of hydrogen-bond acceptors (Lipinski definition) is 7. The maximum Gasteiger partial charge on any atom is 0.416 e. The van der Waals surface area contributed by atoms with Crippen LogP contribution in [0.4, 0.5) is 13.2 Å². The number of nitrogens with zero attached hydrogens (tertiary/aromatic N) is 3. The van der Waals surface area contributed by atoms with E-state index in [1.54, 1.807) is 13.8 Å². The molecule has 9 nitrogen and oxygen atoms in total. The van der Waals surface area contributed by atoms with Crippen LogP contribution in [0, 0.1) is 0 Å². The number of nitrogens with one attached hydrogen (secondary N) is 1. The van der Waals surface area contributed by atoms with Gasteiger partial charge >= 0.3 is 6.18 Å². The standard InChI is InChI=1S/C20H19F3N4O5/c1-19(2)31-13-11(7-28)30-18(14(13)32-19)27-15(26-12-16(27)24-8-25-17(12)29)9-3-5-10(6-4-9)20(21,22)23/h3-6,8,11,13-14,18,28H,7H2,1-2H3,(H,24,25,29). The quantitative estimate of drug-likeness (QED) is 0.627. The van der Waals surface area contributed by atoms with Crippen molar-refractivity contribution in [3.8, 4) is 11.4 Å². The number of halogens is 3. The first kappa shape index (κ1) is 21.1. The number of ether oxygens (including phenoxy) is 3. The zero-order chi connectivity index (χ0) is 22.8. The molecule has 12 heteroatoms. The Morgan fingerprint density at radius 1 is 1.19 bits per heavy atom. The van der Waals surface area contributed by atoms with Crippen molar-refractivity contribution in [3.05, 3.63) is 46.5 Å². The number of hydrogen-bond donors (Lipinski definition) is 2. The highest BCUT2D eigenvalue weighted by molar-refractivity contribution is 5.76. The molecule has 0 bridgehead atoms. The number of rotatable bonds is 3. The molecule has 2 fully saturated rings. The van der Waals surface area contributed by atoms with Crippen LogP contribution in [0.25, 0.3) is 22.6 Å². The molecule has 3 aromatic rings. The van der Waals surface area contributed by atoms with E-state index in [-0.39, 0.29) is 23.6 Å². The third-order valence-electron chi connectivity index (χ3n) is 5.51. The normalized spacial score (nSPS) is 27.2. The van der Waals surface area contributed by atoms with Gasteiger partial charge in [0.25, 0.3) is 5.56 Å². The minimum absolute atomic E-state index is 0.00632. The highest BCUT2D eigenvalue weighted by atomic mass is 19.4. The summed E-state index contributed by atoms with van der Waals surface area (Å²) in [6, 6.07) is 4.40. The third-order valence-corrected chi connectivity index (χ3v) is 5.51. The summed E-state index contributed by atoms with van der Waals surface area (Å²) in [6.45, 7) is 3.11. The van der Waals surface area contributed by atoms with Gasteiger partial charge in [-0.1, -0.05) is 12.1 Å². The summed E-state index contributed by atoms with van der Waals surface area (Å²) in [4.78, 5) is 23.4. The lowest BCUT2D eigenvalue weighted by Gasteiger charge is -2.25. The molecule has 5 rings (SSSR count). The van der Waals surface area contributed by atoms with Gasteiger partial charge in [-0.2, -0.15) is 13.2 Å². The molecule has 32 heavy (non-hydrogen) atoms. The van der Waals surface area contributed by atoms with Crippen LogP contribution in [-0.4, -0.2) is 55.3 Å². The molecular weight excluding hydrogens is 433 g/mol. The van der Waals surface area contributed by atoms with E-state index in [0.717, 1.165) is 12.1 Å². The lowest BCUT2D eigenvalue weighted by molar-refractivity contribution is -0.199. The summed E-state index contributed by atoms with van der Waals surface area (Å²) in [6.07, 6.45) is -6.17. The molecule has 2 N–H and O–H groups in total. The summed E-state index contributed by atoms with van der Waals surface area (Å²) in [5.74, 6) is -0.769. The first-order valence-corrected chi connectivity index (χ1v) is 9.84. The van der Waals surface area contributed by atoms with E-state index in [0.29, 0.717) is 5.56 Å². The first-order chi connectivity index (χ1) is 15.1. The zero-order valence-electron chi connectivity index (χ0n) is 17.0. The molecule has 0 spiro atoms. The van der Waals surface area contributed by atoms with Crippen molar-refractivity contribution in [1.82, 2.24) is 19.5 Å². The number of H-pyrrole nitrogens is 1. The number of imidazole rings is 1. The van der Waals surface area contributed by atoms with Gasteiger partial charge in [-0.25, -0.2) is 9.97 Å². The van der Waals surface area contributed by atoms with Crippen LogP contribution < -0.4 is 5.56 Å². The van der Waals surface area contributed by atoms with Crippen molar-refractivity contribution in [3.63, 3.8) is 0 Å². The summed E-state index contributed by atoms with van der Waals surface area (Å²) in [5, 5.41) is 9.79. The lowest BCUT2D eigenvalue weighted by Crippen LogP contribution is -2.31. The molecule has 4 heterocycles. The Kier molecular flexibility index (Phi) is 4.68. The van der Waals surface area contributed by atoms with Crippen molar-refractivity contribution in [2.24, 2.45) is 0 Å². The minimum atomic E-state index is -4.49. The first-order valence-electron chi connectivity index (χ1n) is 9.84. The van der Waals surface area contributed by atoms with E-state index < -0.39 is 47.6 Å². The summed E-state index contributed by atoms with van der Waals surface area (Å²) >= 11 is 0. The topological polar surface area (TPSA) is 111 Å². The Hall–Kier alpha value is -2.80. The average molecular weight is 452 g/mol. The average Bonchev–Trinajstić information content (AvgIpc) is 3.36. The predicted molar refractivity (Wildman–Crippen MR) is 103 cm³/mol. The van der Waals surface area contributed by atoms with E-state index >= 15 is 0 Å². The molecule has 4 unspecified atom stereocenters. The van der Waals surface area contributed by atoms with Crippen LogP contribution in [0.3, 0.4) is 0 Å². The molecular formula is C20H19F3N4O5. The second-order valence-electron chi connectivity index (χ2n) is 8.10. The van der Waals surface area contributed by atoms with Crippen LogP contribution in [0.1, 0.15) is 25.6 Å². The van der Waals surface area contributed by atoms with Gasteiger partial charge in [-0.3, -0.25) is 9.36 Å². The molecule has 1 aromatic carbocycles. The molecule has 170 valence electrons. The number of aromatic nitrogens is 4. The van der Waals surface area contributed by atoms with E-state index in [4.69, 9.17) is 14.2 Å². The van der Waals surface area contributed by atoms with Crippen molar-refractivity contribution < 1.29 is 32.5 Å². The largest absolute Gasteiger partial charge is 0.416 e. The molecule has 2 aliphatic rings. The fourth-order valence-corrected chi connectivity index (χ4v) is 4.19. The van der Waals surface area contributed by atoms with Gasteiger partial charge in [-0.15, -0.1) is 0 Å². The van der Waals surface area contributed by atoms with Crippen LogP contribution >= 0.6 is 0 Å². The van der Waals surface area contributed by atoms with Gasteiger partial charge in [0.2, 0.25) is 0 Å². The Morgan fingerprint density at radius 3 is 2.53 bits per heavy atom. The summed E-state index contributed by atoms with van der Waals surface area (Å²) in [7, 11) is 0. The van der Waals surface area contributed by atoms with E-state index in [1.165, 1.54) is 23.0 Å². The molecule has 0 radical (unpaired) electrons. The number of aliphatic hydroxyl groups excluding tert-OH is 1. The maximum atomic E-state index is 13.0. The van der Waals surface area contributed by atoms with Crippen molar-refractivity contribution in [2.75, 3.05) is 6.61 Å². The van der Waals surface area contributed by atoms with Crippen LogP contribution in [0.2, 0.25) is 0 Å². The smallest absolute Gasteiger partial charge is 0.394 e. The Bertz CT molecular complexity index is 1220. The summed E-state index contributed by atoms with van der Waals surface area (Å²) in [5.41, 5.74) is -0.848. The molecule has 2 saturated heterocycles. The molecule has 0 amide bonds. The van der Waals surface area contributed by atoms with Crippen LogP contribution in [0.5, 0.6) is 0 Å². The number of benzene rings is 1. The summed E-state index contributed by atoms with van der Waals surface area (Å²) < 4.78 is 58.4. The molecule has 0 aliphatic carbocycles. The highest BCUT2D eigenvalue weighted by Gasteiger charge is 2.56. The number of aliphatic hydroxyl groups is 1. The number of alkyl halides is 3.